The summed E-state index contributed by atoms with van der Waals surface area (Å²) < 4.78 is 6.59. The Bertz CT molecular complexity index is 550. The van der Waals surface area contributed by atoms with Crippen molar-refractivity contribution in [1.82, 2.24) is 20.4 Å². The van der Waals surface area contributed by atoms with Crippen LogP contribution in [0.2, 0.25) is 0 Å². The van der Waals surface area contributed by atoms with E-state index < -0.39 is 24.0 Å². The molecule has 0 aromatic carbocycles. The van der Waals surface area contributed by atoms with E-state index in [-0.39, 0.29) is 0 Å². The van der Waals surface area contributed by atoms with E-state index in [4.69, 9.17) is 4.74 Å². The number of hydrogen-bond donors (Lipinski definition) is 2. The number of aryl methyl sites for hydroxylation is 2. The average Bonchev–Trinajstić information content (AvgIpc) is 2.62. The third-order valence-corrected chi connectivity index (χ3v) is 2.83. The summed E-state index contributed by atoms with van der Waals surface area (Å²) in [6.45, 7) is 4.79. The lowest BCUT2D eigenvalue weighted by molar-refractivity contribution is -0.127. The molecule has 1 unspecified atom stereocenters. The number of aromatic nitrogens is 2. The number of hydrogen-bond acceptors (Lipinski definition) is 5. The summed E-state index contributed by atoms with van der Waals surface area (Å²) in [6, 6.07) is -0.661. The van der Waals surface area contributed by atoms with Gasteiger partial charge < -0.3 is 10.1 Å². The fraction of sp³-hybridized carbons (Fsp3) is 0.500. The maximum atomic E-state index is 12.0. The summed E-state index contributed by atoms with van der Waals surface area (Å²) >= 11 is 0. The number of imide groups is 1. The van der Waals surface area contributed by atoms with Gasteiger partial charge in [0, 0.05) is 19.8 Å². The Morgan fingerprint density at radius 3 is 2.35 bits per heavy atom. The van der Waals surface area contributed by atoms with Gasteiger partial charge in [0.05, 0.1) is 5.69 Å². The monoisotopic (exact) mass is 282 g/mol. The van der Waals surface area contributed by atoms with E-state index in [0.29, 0.717) is 17.0 Å². The number of urea groups is 1. The molecule has 1 heterocycles. The fourth-order valence-corrected chi connectivity index (χ4v) is 1.62. The highest BCUT2D eigenvalue weighted by Crippen LogP contribution is 2.14. The molecule has 0 aliphatic rings. The molecule has 1 aromatic rings. The van der Waals surface area contributed by atoms with Gasteiger partial charge in [-0.25, -0.2) is 9.59 Å². The number of nitrogens with one attached hydrogen (secondary N) is 2. The topological polar surface area (TPSA) is 102 Å². The van der Waals surface area contributed by atoms with Crippen LogP contribution in [0.1, 0.15) is 28.7 Å². The van der Waals surface area contributed by atoms with Crippen molar-refractivity contribution in [1.29, 1.82) is 0 Å². The van der Waals surface area contributed by atoms with Crippen molar-refractivity contribution in [3.63, 3.8) is 0 Å². The zero-order valence-corrected chi connectivity index (χ0v) is 12.1. The van der Waals surface area contributed by atoms with Gasteiger partial charge in [0.15, 0.2) is 6.10 Å². The molecule has 0 aliphatic heterocycles. The highest BCUT2D eigenvalue weighted by Gasteiger charge is 2.24. The molecule has 0 bridgehead atoms. The largest absolute Gasteiger partial charge is 0.449 e. The van der Waals surface area contributed by atoms with E-state index in [1.807, 2.05) is 5.32 Å². The van der Waals surface area contributed by atoms with Gasteiger partial charge in [-0.2, -0.15) is 5.10 Å². The van der Waals surface area contributed by atoms with E-state index in [1.165, 1.54) is 14.0 Å². The third-order valence-electron chi connectivity index (χ3n) is 2.83. The molecule has 3 amide bonds. The van der Waals surface area contributed by atoms with Gasteiger partial charge in [0.25, 0.3) is 5.91 Å². The maximum Gasteiger partial charge on any atom is 0.342 e. The Morgan fingerprint density at radius 2 is 1.90 bits per heavy atom. The molecule has 0 saturated heterocycles. The normalized spacial score (nSPS) is 11.7. The van der Waals surface area contributed by atoms with Crippen LogP contribution in [0.5, 0.6) is 0 Å². The second kappa shape index (κ2) is 6.18. The average molecular weight is 282 g/mol. The van der Waals surface area contributed by atoms with Gasteiger partial charge in [-0.3, -0.25) is 14.8 Å². The first kappa shape index (κ1) is 15.7. The van der Waals surface area contributed by atoms with Crippen LogP contribution in [-0.4, -0.2) is 40.8 Å². The molecule has 110 valence electrons. The van der Waals surface area contributed by atoms with Crippen LogP contribution in [0.3, 0.4) is 0 Å². The van der Waals surface area contributed by atoms with Gasteiger partial charge >= 0.3 is 12.0 Å². The van der Waals surface area contributed by atoms with Crippen LogP contribution in [0, 0.1) is 13.8 Å². The summed E-state index contributed by atoms with van der Waals surface area (Å²) in [5, 5.41) is 8.36. The zero-order chi connectivity index (χ0) is 15.4. The highest BCUT2D eigenvalue weighted by molar-refractivity contribution is 5.98. The molecule has 2 N–H and O–H groups in total. The molecule has 0 radical (unpaired) electrons. The van der Waals surface area contributed by atoms with E-state index >= 15 is 0 Å². The Morgan fingerprint density at radius 1 is 1.30 bits per heavy atom. The molecule has 20 heavy (non-hydrogen) atoms. The van der Waals surface area contributed by atoms with Crippen molar-refractivity contribution in [2.75, 3.05) is 7.05 Å². The summed E-state index contributed by atoms with van der Waals surface area (Å²) in [5.74, 6) is -1.34. The van der Waals surface area contributed by atoms with Crippen LogP contribution < -0.4 is 10.6 Å². The maximum absolute atomic E-state index is 12.0. The Labute approximate surface area is 116 Å². The summed E-state index contributed by atoms with van der Waals surface area (Å²) in [5.41, 5.74) is 1.49. The second-order valence-corrected chi connectivity index (χ2v) is 4.29. The molecule has 0 fully saturated rings. The molecular formula is C12H18N4O4. The minimum absolute atomic E-state index is 0.326. The standard InChI is InChI=1S/C12H18N4O4/c1-6-9(7(2)16(5)15-6)11(18)20-8(3)10(17)14-12(19)13-4/h8H,1-5H3,(H2,13,14,17,19). The zero-order valence-electron chi connectivity index (χ0n) is 12.1. The van der Waals surface area contributed by atoms with Crippen LogP contribution in [0.15, 0.2) is 0 Å². The highest BCUT2D eigenvalue weighted by atomic mass is 16.5. The van der Waals surface area contributed by atoms with E-state index in [9.17, 15) is 14.4 Å². The van der Waals surface area contributed by atoms with Crippen molar-refractivity contribution in [2.45, 2.75) is 26.9 Å². The van der Waals surface area contributed by atoms with Gasteiger partial charge in [0.1, 0.15) is 5.56 Å². The molecule has 1 atom stereocenters. The number of ether oxygens (including phenoxy) is 1. The van der Waals surface area contributed by atoms with E-state index in [0.717, 1.165) is 0 Å². The number of nitrogens with zero attached hydrogens (tertiary/aromatic N) is 2. The molecule has 8 nitrogen and oxygen atoms in total. The summed E-state index contributed by atoms with van der Waals surface area (Å²) in [6.07, 6.45) is -1.08. The number of rotatable bonds is 3. The van der Waals surface area contributed by atoms with E-state index in [1.54, 1.807) is 25.6 Å². The van der Waals surface area contributed by atoms with Crippen LogP contribution in [0.25, 0.3) is 0 Å². The number of esters is 1. The quantitative estimate of drug-likeness (QED) is 0.762. The molecule has 0 saturated carbocycles. The van der Waals surface area contributed by atoms with Crippen LogP contribution in [0.4, 0.5) is 4.79 Å². The van der Waals surface area contributed by atoms with Gasteiger partial charge in [-0.05, 0) is 20.8 Å². The number of carbonyl (C=O) groups is 3. The van der Waals surface area contributed by atoms with Gasteiger partial charge in [-0.15, -0.1) is 0 Å². The predicted molar refractivity (Wildman–Crippen MR) is 70.2 cm³/mol. The predicted octanol–water partition coefficient (Wildman–Crippen LogP) is 0.0378. The Balaban J connectivity index is 2.75. The lowest BCUT2D eigenvalue weighted by Gasteiger charge is -2.12. The second-order valence-electron chi connectivity index (χ2n) is 4.29. The van der Waals surface area contributed by atoms with Gasteiger partial charge in [-0.1, -0.05) is 0 Å². The SMILES string of the molecule is CNC(=O)NC(=O)C(C)OC(=O)c1c(C)nn(C)c1C. The Hall–Kier alpha value is -2.38. The van der Waals surface area contributed by atoms with Crippen molar-refractivity contribution in [2.24, 2.45) is 7.05 Å². The first-order chi connectivity index (χ1) is 9.27. The lowest BCUT2D eigenvalue weighted by Crippen LogP contribution is -2.43. The van der Waals surface area contributed by atoms with Crippen LogP contribution >= 0.6 is 0 Å². The smallest absolute Gasteiger partial charge is 0.342 e. The number of amides is 3. The molecule has 8 heteroatoms. The van der Waals surface area contributed by atoms with Crippen molar-refractivity contribution in [3.05, 3.63) is 17.0 Å². The Kier molecular flexibility index (Phi) is 4.84. The molecule has 1 rings (SSSR count). The van der Waals surface area contributed by atoms with E-state index in [2.05, 4.69) is 10.4 Å². The van der Waals surface area contributed by atoms with Gasteiger partial charge in [0.2, 0.25) is 0 Å². The van der Waals surface area contributed by atoms with Crippen molar-refractivity contribution >= 4 is 17.9 Å². The summed E-state index contributed by atoms with van der Waals surface area (Å²) in [4.78, 5) is 34.6. The molecule has 1 aromatic heterocycles. The summed E-state index contributed by atoms with van der Waals surface area (Å²) in [7, 11) is 3.09. The molecule has 0 spiro atoms. The lowest BCUT2D eigenvalue weighted by atomic mass is 10.2. The molecular weight excluding hydrogens is 264 g/mol. The molecule has 0 aliphatic carbocycles. The fourth-order valence-electron chi connectivity index (χ4n) is 1.62. The first-order valence-electron chi connectivity index (χ1n) is 6.01. The third kappa shape index (κ3) is 3.34. The van der Waals surface area contributed by atoms with Crippen molar-refractivity contribution < 1.29 is 19.1 Å². The minimum atomic E-state index is -1.08. The number of carbonyl (C=O) groups excluding carboxylic acids is 3. The first-order valence-corrected chi connectivity index (χ1v) is 6.01. The van der Waals surface area contributed by atoms with Crippen molar-refractivity contribution in [3.8, 4) is 0 Å². The minimum Gasteiger partial charge on any atom is -0.449 e. The van der Waals surface area contributed by atoms with Crippen LogP contribution in [-0.2, 0) is 16.6 Å².